The van der Waals surface area contributed by atoms with Gasteiger partial charge in [0.2, 0.25) is 0 Å². The van der Waals surface area contributed by atoms with Crippen molar-refractivity contribution in [1.82, 2.24) is 0 Å². The van der Waals surface area contributed by atoms with Gasteiger partial charge in [0, 0.05) is 11.4 Å². The zero-order chi connectivity index (χ0) is 13.2. The van der Waals surface area contributed by atoms with E-state index in [1.165, 1.54) is 27.6 Å². The molecule has 0 saturated heterocycles. The Kier molecular flexibility index (Phi) is 2.96. The fourth-order valence-corrected chi connectivity index (χ4v) is 2.38. The van der Waals surface area contributed by atoms with Crippen LogP contribution in [0.2, 0.25) is 0 Å². The molecule has 3 rings (SSSR count). The van der Waals surface area contributed by atoms with Gasteiger partial charge in [0.1, 0.15) is 0 Å². The molecule has 0 spiro atoms. The van der Waals surface area contributed by atoms with Crippen LogP contribution in [0, 0.1) is 13.8 Å². The van der Waals surface area contributed by atoms with Gasteiger partial charge in [0.25, 0.3) is 0 Å². The largest absolute Gasteiger partial charge is 0.355 e. The predicted octanol–water partition coefficient (Wildman–Crippen LogP) is 5.20. The molecular weight excluding hydrogens is 230 g/mol. The highest BCUT2D eigenvalue weighted by atomic mass is 14.9. The molecule has 0 heterocycles. The molecule has 0 unspecified atom stereocenters. The molecule has 0 atom stereocenters. The second kappa shape index (κ2) is 4.77. The maximum atomic E-state index is 3.49. The summed E-state index contributed by atoms with van der Waals surface area (Å²) < 4.78 is 0. The van der Waals surface area contributed by atoms with E-state index in [1.54, 1.807) is 0 Å². The van der Waals surface area contributed by atoms with Crippen LogP contribution in [0.4, 0.5) is 11.4 Å². The zero-order valence-electron chi connectivity index (χ0n) is 11.3. The van der Waals surface area contributed by atoms with E-state index in [4.69, 9.17) is 0 Å². The molecule has 0 saturated carbocycles. The third kappa shape index (κ3) is 2.45. The van der Waals surface area contributed by atoms with Crippen molar-refractivity contribution >= 4 is 22.1 Å². The standard InChI is InChI=1S/C18H17N/c1-13-7-10-18(14(2)11-13)19-17-9-8-15-5-3-4-6-16(15)12-17/h3-12,19H,1-2H3. The van der Waals surface area contributed by atoms with Crippen LogP contribution >= 0.6 is 0 Å². The SMILES string of the molecule is Cc1ccc(Nc2ccc3ccccc3c2)c(C)c1. The van der Waals surface area contributed by atoms with Crippen molar-refractivity contribution in [3.05, 3.63) is 71.8 Å². The Morgan fingerprint density at radius 1 is 0.737 bits per heavy atom. The molecule has 0 radical (unpaired) electrons. The normalized spacial score (nSPS) is 10.6. The van der Waals surface area contributed by atoms with E-state index in [1.807, 2.05) is 0 Å². The second-order valence-electron chi connectivity index (χ2n) is 5.01. The summed E-state index contributed by atoms with van der Waals surface area (Å²) >= 11 is 0. The highest BCUT2D eigenvalue weighted by Gasteiger charge is 2.00. The van der Waals surface area contributed by atoms with Gasteiger partial charge >= 0.3 is 0 Å². The first kappa shape index (κ1) is 11.8. The summed E-state index contributed by atoms with van der Waals surface area (Å²) in [6.07, 6.45) is 0. The molecule has 0 amide bonds. The molecule has 1 nitrogen and oxygen atoms in total. The number of rotatable bonds is 2. The second-order valence-corrected chi connectivity index (χ2v) is 5.01. The van der Waals surface area contributed by atoms with Crippen molar-refractivity contribution < 1.29 is 0 Å². The van der Waals surface area contributed by atoms with Gasteiger partial charge in [0.05, 0.1) is 0 Å². The Morgan fingerprint density at radius 3 is 2.32 bits per heavy atom. The lowest BCUT2D eigenvalue weighted by molar-refractivity contribution is 1.37. The molecular formula is C18H17N. The van der Waals surface area contributed by atoms with Crippen LogP contribution in [0.5, 0.6) is 0 Å². The highest BCUT2D eigenvalue weighted by Crippen LogP contribution is 2.24. The number of aryl methyl sites for hydroxylation is 2. The Balaban J connectivity index is 1.96. The maximum absolute atomic E-state index is 3.49. The van der Waals surface area contributed by atoms with Crippen molar-refractivity contribution in [3.63, 3.8) is 0 Å². The Morgan fingerprint density at radius 2 is 1.53 bits per heavy atom. The van der Waals surface area contributed by atoms with Gasteiger partial charge in [-0.2, -0.15) is 0 Å². The summed E-state index contributed by atoms with van der Waals surface area (Å²) in [5.41, 5.74) is 4.86. The summed E-state index contributed by atoms with van der Waals surface area (Å²) in [5.74, 6) is 0. The molecule has 1 N–H and O–H groups in total. The molecule has 0 aliphatic carbocycles. The topological polar surface area (TPSA) is 12.0 Å². The van der Waals surface area contributed by atoms with Crippen LogP contribution in [0.3, 0.4) is 0 Å². The van der Waals surface area contributed by atoms with Crippen LogP contribution in [0.1, 0.15) is 11.1 Å². The number of hydrogen-bond acceptors (Lipinski definition) is 1. The van der Waals surface area contributed by atoms with Crippen molar-refractivity contribution in [3.8, 4) is 0 Å². The minimum absolute atomic E-state index is 1.13. The van der Waals surface area contributed by atoms with Crippen LogP contribution in [0.25, 0.3) is 10.8 Å². The van der Waals surface area contributed by atoms with Crippen molar-refractivity contribution in [2.45, 2.75) is 13.8 Å². The summed E-state index contributed by atoms with van der Waals surface area (Å²) in [5, 5.41) is 6.02. The van der Waals surface area contributed by atoms with E-state index < -0.39 is 0 Å². The molecule has 0 aliphatic heterocycles. The Bertz CT molecular complexity index is 729. The predicted molar refractivity (Wildman–Crippen MR) is 83.1 cm³/mol. The van der Waals surface area contributed by atoms with E-state index in [0.717, 1.165) is 5.69 Å². The van der Waals surface area contributed by atoms with E-state index in [0.29, 0.717) is 0 Å². The van der Waals surface area contributed by atoms with E-state index in [9.17, 15) is 0 Å². The summed E-state index contributed by atoms with van der Waals surface area (Å²) in [6.45, 7) is 4.25. The number of nitrogens with one attached hydrogen (secondary N) is 1. The number of fused-ring (bicyclic) bond motifs is 1. The van der Waals surface area contributed by atoms with E-state index >= 15 is 0 Å². The lowest BCUT2D eigenvalue weighted by Crippen LogP contribution is -1.93. The van der Waals surface area contributed by atoms with E-state index in [2.05, 4.69) is 79.8 Å². The van der Waals surface area contributed by atoms with E-state index in [-0.39, 0.29) is 0 Å². The minimum atomic E-state index is 1.13. The quantitative estimate of drug-likeness (QED) is 0.656. The first-order valence-corrected chi connectivity index (χ1v) is 6.55. The molecule has 94 valence electrons. The Labute approximate surface area is 113 Å². The monoisotopic (exact) mass is 247 g/mol. The summed E-state index contributed by atoms with van der Waals surface area (Å²) in [6, 6.07) is 21.4. The zero-order valence-corrected chi connectivity index (χ0v) is 11.3. The van der Waals surface area contributed by atoms with Crippen LogP contribution in [-0.2, 0) is 0 Å². The first-order chi connectivity index (χ1) is 9.22. The number of hydrogen-bond donors (Lipinski definition) is 1. The molecule has 19 heavy (non-hydrogen) atoms. The smallest absolute Gasteiger partial charge is 0.0414 e. The first-order valence-electron chi connectivity index (χ1n) is 6.55. The van der Waals surface area contributed by atoms with Gasteiger partial charge in [-0.15, -0.1) is 0 Å². The fraction of sp³-hybridized carbons (Fsp3) is 0.111. The molecule has 3 aromatic rings. The van der Waals surface area contributed by atoms with Crippen molar-refractivity contribution in [2.24, 2.45) is 0 Å². The van der Waals surface area contributed by atoms with Gasteiger partial charge in [-0.25, -0.2) is 0 Å². The summed E-state index contributed by atoms with van der Waals surface area (Å²) in [4.78, 5) is 0. The average molecular weight is 247 g/mol. The average Bonchev–Trinajstić information content (AvgIpc) is 2.42. The number of anilines is 2. The van der Waals surface area contributed by atoms with Crippen LogP contribution < -0.4 is 5.32 Å². The molecule has 0 aromatic heterocycles. The van der Waals surface area contributed by atoms with Gasteiger partial charge < -0.3 is 5.32 Å². The molecule has 1 heteroatoms. The van der Waals surface area contributed by atoms with Crippen molar-refractivity contribution in [2.75, 3.05) is 5.32 Å². The van der Waals surface area contributed by atoms with Gasteiger partial charge in [-0.1, -0.05) is 48.0 Å². The summed E-state index contributed by atoms with van der Waals surface area (Å²) in [7, 11) is 0. The number of benzene rings is 3. The van der Waals surface area contributed by atoms with Crippen LogP contribution in [-0.4, -0.2) is 0 Å². The minimum Gasteiger partial charge on any atom is -0.355 e. The molecule has 3 aromatic carbocycles. The third-order valence-electron chi connectivity index (χ3n) is 3.41. The van der Waals surface area contributed by atoms with Gasteiger partial charge in [-0.05, 0) is 48.4 Å². The molecule has 0 bridgehead atoms. The van der Waals surface area contributed by atoms with Crippen LogP contribution in [0.15, 0.2) is 60.7 Å². The Hall–Kier alpha value is -2.28. The van der Waals surface area contributed by atoms with Crippen molar-refractivity contribution in [1.29, 1.82) is 0 Å². The van der Waals surface area contributed by atoms with Gasteiger partial charge in [0.15, 0.2) is 0 Å². The lowest BCUT2D eigenvalue weighted by Gasteiger charge is -2.11. The molecule has 0 fully saturated rings. The highest BCUT2D eigenvalue weighted by molar-refractivity contribution is 5.86. The maximum Gasteiger partial charge on any atom is 0.0414 e. The fourth-order valence-electron chi connectivity index (χ4n) is 2.38. The third-order valence-corrected chi connectivity index (χ3v) is 3.41. The molecule has 0 aliphatic rings. The lowest BCUT2D eigenvalue weighted by atomic mass is 10.1. The van der Waals surface area contributed by atoms with Gasteiger partial charge in [-0.3, -0.25) is 0 Å².